The molecular formula is C10H18N2O. The maximum absolute atomic E-state index is 8.96. The van der Waals surface area contributed by atoms with Gasteiger partial charge in [0.2, 0.25) is 0 Å². The molecule has 2 fully saturated rings. The van der Waals surface area contributed by atoms with Gasteiger partial charge in [0.1, 0.15) is 0 Å². The van der Waals surface area contributed by atoms with Gasteiger partial charge in [0.15, 0.2) is 0 Å². The van der Waals surface area contributed by atoms with Crippen molar-refractivity contribution in [3.8, 4) is 0 Å². The van der Waals surface area contributed by atoms with Crippen molar-refractivity contribution >= 4 is 5.71 Å². The predicted octanol–water partition coefficient (Wildman–Crippen LogP) is 1.60. The molecule has 0 aliphatic heterocycles. The van der Waals surface area contributed by atoms with Crippen LogP contribution in [0.25, 0.3) is 0 Å². The SMILES string of the molecule is CC1(C)[C@H]2CC[C@@]1(C)/C(=N\O)[C@@H]2N. The zero-order chi connectivity index (χ0) is 9.85. The molecule has 3 atom stereocenters. The van der Waals surface area contributed by atoms with Crippen molar-refractivity contribution in [2.24, 2.45) is 27.6 Å². The third-order valence-corrected chi connectivity index (χ3v) is 4.73. The van der Waals surface area contributed by atoms with Crippen LogP contribution in [-0.2, 0) is 0 Å². The lowest BCUT2D eigenvalue weighted by Gasteiger charge is -2.33. The van der Waals surface area contributed by atoms with Crippen LogP contribution in [-0.4, -0.2) is 17.0 Å². The second kappa shape index (κ2) is 2.27. The average molecular weight is 182 g/mol. The molecule has 0 spiro atoms. The van der Waals surface area contributed by atoms with E-state index >= 15 is 0 Å². The van der Waals surface area contributed by atoms with Gasteiger partial charge in [-0.05, 0) is 24.2 Å². The summed E-state index contributed by atoms with van der Waals surface area (Å²) in [4.78, 5) is 0. The Balaban J connectivity index is 2.52. The van der Waals surface area contributed by atoms with E-state index < -0.39 is 0 Å². The van der Waals surface area contributed by atoms with Crippen molar-refractivity contribution in [3.05, 3.63) is 0 Å². The Bertz CT molecular complexity index is 272. The fourth-order valence-corrected chi connectivity index (χ4v) is 3.36. The average Bonchev–Trinajstić information content (AvgIpc) is 2.32. The van der Waals surface area contributed by atoms with Crippen molar-refractivity contribution in [1.29, 1.82) is 0 Å². The molecule has 3 N–H and O–H groups in total. The Morgan fingerprint density at radius 3 is 2.38 bits per heavy atom. The Morgan fingerprint density at radius 1 is 1.46 bits per heavy atom. The first kappa shape index (κ1) is 9.00. The zero-order valence-electron chi connectivity index (χ0n) is 8.54. The third kappa shape index (κ3) is 0.766. The number of nitrogens with zero attached hydrogens (tertiary/aromatic N) is 1. The van der Waals surface area contributed by atoms with Gasteiger partial charge < -0.3 is 10.9 Å². The summed E-state index contributed by atoms with van der Waals surface area (Å²) in [5, 5.41) is 12.4. The molecule has 0 saturated heterocycles. The van der Waals surface area contributed by atoms with E-state index in [9.17, 15) is 0 Å². The maximum atomic E-state index is 8.96. The summed E-state index contributed by atoms with van der Waals surface area (Å²) in [6.45, 7) is 6.65. The summed E-state index contributed by atoms with van der Waals surface area (Å²) in [6.07, 6.45) is 2.28. The highest BCUT2D eigenvalue weighted by molar-refractivity contribution is 5.98. The fraction of sp³-hybridized carbons (Fsp3) is 0.900. The quantitative estimate of drug-likeness (QED) is 0.441. The van der Waals surface area contributed by atoms with Gasteiger partial charge in [-0.2, -0.15) is 0 Å². The minimum atomic E-state index is -0.0289. The first-order chi connectivity index (χ1) is 5.95. The largest absolute Gasteiger partial charge is 0.411 e. The normalized spacial score (nSPS) is 50.3. The lowest BCUT2D eigenvalue weighted by atomic mass is 9.70. The van der Waals surface area contributed by atoms with Gasteiger partial charge in [-0.3, -0.25) is 0 Å². The van der Waals surface area contributed by atoms with Crippen LogP contribution < -0.4 is 5.73 Å². The lowest BCUT2D eigenvalue weighted by Crippen LogP contribution is -2.39. The number of fused-ring (bicyclic) bond motifs is 2. The van der Waals surface area contributed by atoms with Crippen molar-refractivity contribution in [3.63, 3.8) is 0 Å². The van der Waals surface area contributed by atoms with Gasteiger partial charge in [0, 0.05) is 5.41 Å². The minimum Gasteiger partial charge on any atom is -0.411 e. The molecule has 0 radical (unpaired) electrons. The van der Waals surface area contributed by atoms with Crippen LogP contribution in [0.5, 0.6) is 0 Å². The Labute approximate surface area is 79.0 Å². The van der Waals surface area contributed by atoms with E-state index in [0.29, 0.717) is 5.92 Å². The monoisotopic (exact) mass is 182 g/mol. The van der Waals surface area contributed by atoms with E-state index in [2.05, 4.69) is 25.9 Å². The third-order valence-electron chi connectivity index (χ3n) is 4.73. The van der Waals surface area contributed by atoms with Gasteiger partial charge in [-0.25, -0.2) is 0 Å². The first-order valence-electron chi connectivity index (χ1n) is 4.93. The summed E-state index contributed by atoms with van der Waals surface area (Å²) < 4.78 is 0. The van der Waals surface area contributed by atoms with Gasteiger partial charge in [-0.15, -0.1) is 0 Å². The van der Waals surface area contributed by atoms with Crippen LogP contribution in [0, 0.1) is 16.7 Å². The summed E-state index contributed by atoms with van der Waals surface area (Å²) >= 11 is 0. The summed E-state index contributed by atoms with van der Waals surface area (Å²) in [6, 6.07) is -0.0289. The topological polar surface area (TPSA) is 58.6 Å². The molecule has 2 aliphatic rings. The molecule has 2 bridgehead atoms. The molecule has 0 unspecified atom stereocenters. The molecule has 2 rings (SSSR count). The molecule has 3 nitrogen and oxygen atoms in total. The second-order valence-corrected chi connectivity index (χ2v) is 5.21. The van der Waals surface area contributed by atoms with Crippen LogP contribution >= 0.6 is 0 Å². The van der Waals surface area contributed by atoms with Gasteiger partial charge in [-0.1, -0.05) is 25.9 Å². The Hall–Kier alpha value is -0.570. The van der Waals surface area contributed by atoms with Crippen molar-refractivity contribution in [2.75, 3.05) is 0 Å². The smallest absolute Gasteiger partial charge is 0.0804 e. The number of hydrogen-bond donors (Lipinski definition) is 2. The van der Waals surface area contributed by atoms with Crippen LogP contribution in [0.2, 0.25) is 0 Å². The van der Waals surface area contributed by atoms with Crippen LogP contribution in [0.4, 0.5) is 0 Å². The number of oxime groups is 1. The molecule has 0 aromatic heterocycles. The first-order valence-corrected chi connectivity index (χ1v) is 4.93. The summed E-state index contributed by atoms with van der Waals surface area (Å²) in [5.41, 5.74) is 7.07. The van der Waals surface area contributed by atoms with Gasteiger partial charge >= 0.3 is 0 Å². The minimum absolute atomic E-state index is 0.0197. The van der Waals surface area contributed by atoms with Crippen molar-refractivity contribution < 1.29 is 5.21 Å². The summed E-state index contributed by atoms with van der Waals surface area (Å²) in [5.74, 6) is 0.489. The molecule has 0 amide bonds. The highest BCUT2D eigenvalue weighted by atomic mass is 16.4. The van der Waals surface area contributed by atoms with E-state index in [1.165, 1.54) is 6.42 Å². The van der Waals surface area contributed by atoms with E-state index in [-0.39, 0.29) is 16.9 Å². The fourth-order valence-electron chi connectivity index (χ4n) is 3.36. The van der Waals surface area contributed by atoms with Gasteiger partial charge in [0.25, 0.3) is 0 Å². The molecule has 0 aromatic carbocycles. The highest BCUT2D eigenvalue weighted by Gasteiger charge is 2.64. The molecular weight excluding hydrogens is 164 g/mol. The molecule has 2 saturated carbocycles. The highest BCUT2D eigenvalue weighted by Crippen LogP contribution is 2.63. The van der Waals surface area contributed by atoms with Crippen LogP contribution in [0.1, 0.15) is 33.6 Å². The van der Waals surface area contributed by atoms with Gasteiger partial charge in [0.05, 0.1) is 11.8 Å². The molecule has 13 heavy (non-hydrogen) atoms. The van der Waals surface area contributed by atoms with Crippen molar-refractivity contribution in [1.82, 2.24) is 0 Å². The van der Waals surface area contributed by atoms with Crippen LogP contribution in [0.3, 0.4) is 0 Å². The molecule has 3 heteroatoms. The predicted molar refractivity (Wildman–Crippen MR) is 51.8 cm³/mol. The Morgan fingerprint density at radius 2 is 2.08 bits per heavy atom. The lowest BCUT2D eigenvalue weighted by molar-refractivity contribution is 0.186. The van der Waals surface area contributed by atoms with Crippen LogP contribution in [0.15, 0.2) is 5.16 Å². The second-order valence-electron chi connectivity index (χ2n) is 5.21. The molecule has 0 aromatic rings. The Kier molecular flexibility index (Phi) is 1.57. The van der Waals surface area contributed by atoms with E-state index in [1.807, 2.05) is 0 Å². The number of hydrogen-bond acceptors (Lipinski definition) is 3. The van der Waals surface area contributed by atoms with Crippen molar-refractivity contribution in [2.45, 2.75) is 39.7 Å². The molecule has 2 aliphatic carbocycles. The molecule has 0 heterocycles. The zero-order valence-corrected chi connectivity index (χ0v) is 8.54. The summed E-state index contributed by atoms with van der Waals surface area (Å²) in [7, 11) is 0. The maximum Gasteiger partial charge on any atom is 0.0804 e. The number of rotatable bonds is 0. The van der Waals surface area contributed by atoms with E-state index in [1.54, 1.807) is 0 Å². The van der Waals surface area contributed by atoms with E-state index in [4.69, 9.17) is 10.9 Å². The number of nitrogens with two attached hydrogens (primary N) is 1. The standard InChI is InChI=1S/C10H18N2O/c1-9(2)6-4-5-10(9,3)8(12-13)7(6)11/h6-7,13H,4-5,11H2,1-3H3/b12-8-/t6-,7+,10-/m0/s1. The molecule has 74 valence electrons. The van der Waals surface area contributed by atoms with E-state index in [0.717, 1.165) is 12.1 Å².